The third-order valence-electron chi connectivity index (χ3n) is 4.85. The number of hydrogen-bond donors (Lipinski definition) is 4. The minimum Gasteiger partial charge on any atom is -0.481 e. The van der Waals surface area contributed by atoms with Crippen LogP contribution < -0.4 is 5.56 Å². The van der Waals surface area contributed by atoms with E-state index in [1.807, 2.05) is 6.92 Å². The number of carbonyl (C=O) groups is 1. The Labute approximate surface area is 173 Å². The van der Waals surface area contributed by atoms with Gasteiger partial charge >= 0.3 is 5.97 Å². The highest BCUT2D eigenvalue weighted by Crippen LogP contribution is 2.33. The number of carboxylic acid groups (broad SMARTS) is 1. The predicted octanol–water partition coefficient (Wildman–Crippen LogP) is 2.03. The van der Waals surface area contributed by atoms with Gasteiger partial charge in [0.1, 0.15) is 5.52 Å². The molecule has 0 spiro atoms. The molecule has 0 saturated heterocycles. The van der Waals surface area contributed by atoms with Gasteiger partial charge in [0, 0.05) is 41.5 Å². The van der Waals surface area contributed by atoms with Crippen LogP contribution in [0.1, 0.15) is 32.6 Å². The number of aromatic amines is 2. The third kappa shape index (κ3) is 4.55. The number of sulfonamides is 1. The highest BCUT2D eigenvalue weighted by Gasteiger charge is 2.37. The number of aliphatic carboxylic acids is 1. The van der Waals surface area contributed by atoms with Gasteiger partial charge < -0.3 is 20.2 Å². The first-order valence-electron chi connectivity index (χ1n) is 9.77. The highest BCUT2D eigenvalue weighted by atomic mass is 32.2. The number of pyridine rings is 1. The molecule has 10 heteroatoms. The van der Waals surface area contributed by atoms with Crippen LogP contribution in [0.3, 0.4) is 0 Å². The van der Waals surface area contributed by atoms with Crippen molar-refractivity contribution in [2.24, 2.45) is 0 Å². The van der Waals surface area contributed by atoms with E-state index >= 15 is 0 Å². The number of carboxylic acids is 1. The summed E-state index contributed by atoms with van der Waals surface area (Å²) in [5, 5.41) is 18.5. The van der Waals surface area contributed by atoms with Gasteiger partial charge in [0.25, 0.3) is 5.56 Å². The van der Waals surface area contributed by atoms with Crippen molar-refractivity contribution >= 4 is 37.8 Å². The standard InChI is InChI=1S/C16H17N3O4S.C4H8O2/c20-8-7-19(10-1-2-10)24(22,23)11-3-4-14-13(9-11)12-5-6-17-15(12)16(21)18-14;1-2-3-4(5)6/h3-6,9-10,17,20H,1-2,7-8H2,(H,18,21);2-3H2,1H3,(H,5,6). The molecule has 4 rings (SSSR count). The number of rotatable bonds is 7. The molecule has 1 aromatic carbocycles. The van der Waals surface area contributed by atoms with Crippen molar-refractivity contribution in [2.45, 2.75) is 43.5 Å². The fraction of sp³-hybridized carbons (Fsp3) is 0.400. The van der Waals surface area contributed by atoms with Crippen LogP contribution in [0.2, 0.25) is 0 Å². The van der Waals surface area contributed by atoms with Gasteiger partial charge in [-0.15, -0.1) is 0 Å². The molecule has 30 heavy (non-hydrogen) atoms. The lowest BCUT2D eigenvalue weighted by Gasteiger charge is -2.21. The number of nitrogens with one attached hydrogen (secondary N) is 2. The fourth-order valence-electron chi connectivity index (χ4n) is 3.29. The number of nitrogens with zero attached hydrogens (tertiary/aromatic N) is 1. The molecule has 4 N–H and O–H groups in total. The first-order valence-corrected chi connectivity index (χ1v) is 11.2. The van der Waals surface area contributed by atoms with E-state index in [4.69, 9.17) is 5.11 Å². The molecular formula is C20H25N3O6S. The summed E-state index contributed by atoms with van der Waals surface area (Å²) in [6, 6.07) is 6.43. The van der Waals surface area contributed by atoms with Gasteiger partial charge in [0.05, 0.1) is 11.5 Å². The van der Waals surface area contributed by atoms with Crippen molar-refractivity contribution in [3.05, 3.63) is 40.8 Å². The number of aliphatic hydroxyl groups is 1. The van der Waals surface area contributed by atoms with E-state index in [2.05, 4.69) is 9.97 Å². The molecule has 2 heterocycles. The molecule has 3 aromatic rings. The summed E-state index contributed by atoms with van der Waals surface area (Å²) in [7, 11) is -3.68. The van der Waals surface area contributed by atoms with Crippen molar-refractivity contribution in [3.8, 4) is 0 Å². The summed E-state index contributed by atoms with van der Waals surface area (Å²) in [6.45, 7) is 1.73. The smallest absolute Gasteiger partial charge is 0.303 e. The molecule has 162 valence electrons. The van der Waals surface area contributed by atoms with Crippen LogP contribution in [-0.2, 0) is 14.8 Å². The van der Waals surface area contributed by atoms with Crippen LogP contribution in [-0.4, -0.2) is 58.1 Å². The van der Waals surface area contributed by atoms with Crippen LogP contribution in [0, 0.1) is 0 Å². The highest BCUT2D eigenvalue weighted by molar-refractivity contribution is 7.89. The Bertz CT molecular complexity index is 1210. The number of aromatic nitrogens is 2. The molecular weight excluding hydrogens is 410 g/mol. The van der Waals surface area contributed by atoms with E-state index in [0.29, 0.717) is 28.2 Å². The number of fused-ring (bicyclic) bond motifs is 3. The van der Waals surface area contributed by atoms with Crippen molar-refractivity contribution in [2.75, 3.05) is 13.2 Å². The van der Waals surface area contributed by atoms with E-state index in [-0.39, 0.29) is 29.6 Å². The predicted molar refractivity (Wildman–Crippen MR) is 113 cm³/mol. The van der Waals surface area contributed by atoms with Gasteiger partial charge in [-0.1, -0.05) is 6.92 Å². The maximum absolute atomic E-state index is 12.9. The van der Waals surface area contributed by atoms with Crippen molar-refractivity contribution in [1.82, 2.24) is 14.3 Å². The molecule has 1 aliphatic rings. The average Bonchev–Trinajstić information content (AvgIpc) is 3.40. The minimum atomic E-state index is -3.68. The maximum atomic E-state index is 12.9. The summed E-state index contributed by atoms with van der Waals surface area (Å²) < 4.78 is 27.2. The van der Waals surface area contributed by atoms with Gasteiger partial charge in [-0.2, -0.15) is 4.31 Å². The second kappa shape index (κ2) is 8.99. The summed E-state index contributed by atoms with van der Waals surface area (Å²) in [4.78, 5) is 27.4. The van der Waals surface area contributed by atoms with Crippen molar-refractivity contribution in [3.63, 3.8) is 0 Å². The third-order valence-corrected chi connectivity index (χ3v) is 6.80. The molecule has 0 amide bonds. The van der Waals surface area contributed by atoms with E-state index in [9.17, 15) is 23.1 Å². The molecule has 0 atom stereocenters. The monoisotopic (exact) mass is 435 g/mol. The van der Waals surface area contributed by atoms with Gasteiger partial charge in [-0.05, 0) is 43.5 Å². The van der Waals surface area contributed by atoms with E-state index in [1.54, 1.807) is 24.4 Å². The van der Waals surface area contributed by atoms with Crippen LogP contribution >= 0.6 is 0 Å². The first-order chi connectivity index (χ1) is 14.3. The number of hydrogen-bond acceptors (Lipinski definition) is 5. The Kier molecular flexibility index (Phi) is 6.59. The Hall–Kier alpha value is -2.69. The van der Waals surface area contributed by atoms with Crippen LogP contribution in [0.5, 0.6) is 0 Å². The molecule has 0 aliphatic heterocycles. The zero-order valence-corrected chi connectivity index (χ0v) is 17.4. The van der Waals surface area contributed by atoms with E-state index in [0.717, 1.165) is 19.3 Å². The average molecular weight is 436 g/mol. The van der Waals surface area contributed by atoms with E-state index < -0.39 is 16.0 Å². The Morgan fingerprint density at radius 1 is 1.23 bits per heavy atom. The molecule has 0 bridgehead atoms. The van der Waals surface area contributed by atoms with E-state index in [1.165, 1.54) is 10.4 Å². The zero-order valence-electron chi connectivity index (χ0n) is 16.6. The van der Waals surface area contributed by atoms with Gasteiger partial charge in [0.2, 0.25) is 10.0 Å². The quantitative estimate of drug-likeness (QED) is 0.447. The molecule has 1 fully saturated rings. The van der Waals surface area contributed by atoms with Crippen LogP contribution in [0.25, 0.3) is 21.8 Å². The van der Waals surface area contributed by atoms with Crippen molar-refractivity contribution < 1.29 is 23.4 Å². The summed E-state index contributed by atoms with van der Waals surface area (Å²) >= 11 is 0. The minimum absolute atomic E-state index is 0.0271. The van der Waals surface area contributed by atoms with Crippen LogP contribution in [0.4, 0.5) is 0 Å². The van der Waals surface area contributed by atoms with Gasteiger partial charge in [-0.3, -0.25) is 9.59 Å². The van der Waals surface area contributed by atoms with Crippen molar-refractivity contribution in [1.29, 1.82) is 0 Å². The maximum Gasteiger partial charge on any atom is 0.303 e. The lowest BCUT2D eigenvalue weighted by Crippen LogP contribution is -2.35. The van der Waals surface area contributed by atoms with Gasteiger partial charge in [0.15, 0.2) is 0 Å². The fourth-order valence-corrected chi connectivity index (χ4v) is 4.99. The Morgan fingerprint density at radius 2 is 1.97 bits per heavy atom. The number of benzene rings is 1. The molecule has 2 aromatic heterocycles. The lowest BCUT2D eigenvalue weighted by molar-refractivity contribution is -0.137. The topological polar surface area (TPSA) is 144 Å². The zero-order chi connectivity index (χ0) is 21.9. The van der Waals surface area contributed by atoms with Gasteiger partial charge in [-0.25, -0.2) is 8.42 Å². The van der Waals surface area contributed by atoms with Crippen LogP contribution in [0.15, 0.2) is 40.2 Å². The SMILES string of the molecule is CCCC(=O)O.O=c1[nH]c2ccc(S(=O)(=O)N(CCO)C3CC3)cc2c2cc[nH]c12. The summed E-state index contributed by atoms with van der Waals surface area (Å²) in [6.07, 6.45) is 4.32. The Morgan fingerprint density at radius 3 is 2.53 bits per heavy atom. The normalized spacial score (nSPS) is 14.1. The molecule has 1 saturated carbocycles. The lowest BCUT2D eigenvalue weighted by atomic mass is 10.1. The molecule has 0 unspecified atom stereocenters. The molecule has 9 nitrogen and oxygen atoms in total. The molecule has 1 aliphatic carbocycles. The number of aliphatic hydroxyl groups excluding tert-OH is 1. The number of H-pyrrole nitrogens is 2. The largest absolute Gasteiger partial charge is 0.481 e. The Balaban J connectivity index is 0.000000377. The summed E-state index contributed by atoms with van der Waals surface area (Å²) in [5.41, 5.74) is 0.774. The second-order valence-electron chi connectivity index (χ2n) is 7.14. The second-order valence-corrected chi connectivity index (χ2v) is 9.03. The first kappa shape index (κ1) is 22.0. The summed E-state index contributed by atoms with van der Waals surface area (Å²) in [5.74, 6) is -0.711. The molecule has 0 radical (unpaired) electrons.